The van der Waals surface area contributed by atoms with Crippen LogP contribution in [0.5, 0.6) is 0 Å². The summed E-state index contributed by atoms with van der Waals surface area (Å²) in [5.74, 6) is 1.62. The molecule has 0 amide bonds. The van der Waals surface area contributed by atoms with E-state index in [0.29, 0.717) is 12.0 Å². The van der Waals surface area contributed by atoms with Crippen molar-refractivity contribution in [2.24, 2.45) is 5.92 Å². The van der Waals surface area contributed by atoms with Gasteiger partial charge in [-0.15, -0.1) is 0 Å². The van der Waals surface area contributed by atoms with Crippen LogP contribution in [0.15, 0.2) is 0 Å². The average molecular weight is 316 g/mol. The highest BCUT2D eigenvalue weighted by molar-refractivity contribution is 6.08. The van der Waals surface area contributed by atoms with Crippen LogP contribution in [0.25, 0.3) is 0 Å². The van der Waals surface area contributed by atoms with Crippen LogP contribution in [0.1, 0.15) is 55.3 Å². The molecule has 4 heteroatoms. The van der Waals surface area contributed by atoms with Gasteiger partial charge in [0, 0.05) is 42.0 Å². The Morgan fingerprint density at radius 2 is 1.83 bits per heavy atom. The van der Waals surface area contributed by atoms with Gasteiger partial charge in [0.15, 0.2) is 0 Å². The van der Waals surface area contributed by atoms with Crippen LogP contribution in [-0.4, -0.2) is 41.9 Å². The molecule has 0 radical (unpaired) electrons. The molecule has 1 saturated carbocycles. The maximum absolute atomic E-state index is 8.87. The average Bonchev–Trinajstić information content (AvgIpc) is 2.71. The first-order valence-corrected chi connectivity index (χ1v) is 9.20. The third kappa shape index (κ3) is 3.06. The van der Waals surface area contributed by atoms with Crippen molar-refractivity contribution in [3.05, 3.63) is 16.8 Å². The molecule has 1 aliphatic heterocycles. The van der Waals surface area contributed by atoms with Gasteiger partial charge in [-0.25, -0.2) is 0 Å². The van der Waals surface area contributed by atoms with Crippen LogP contribution in [0.3, 0.4) is 0 Å². The van der Waals surface area contributed by atoms with E-state index < -0.39 is 0 Å². The van der Waals surface area contributed by atoms with E-state index in [-0.39, 0.29) is 0 Å². The highest BCUT2D eigenvalue weighted by atomic mass is 15.2. The minimum Gasteiger partial charge on any atom is -0.367 e. The molecule has 1 aromatic heterocycles. The lowest BCUT2D eigenvalue weighted by Gasteiger charge is -2.36. The maximum Gasteiger partial charge on any atom is 0.115 e. The van der Waals surface area contributed by atoms with Crippen molar-refractivity contribution >= 4 is 11.5 Å². The maximum atomic E-state index is 8.87. The van der Waals surface area contributed by atoms with Crippen LogP contribution in [0, 0.1) is 25.2 Å². The largest absolute Gasteiger partial charge is 0.367 e. The molecule has 2 atom stereocenters. The number of hydrogen-bond acceptors (Lipinski definition) is 3. The highest BCUT2D eigenvalue weighted by Gasteiger charge is 2.36. The molecule has 23 heavy (non-hydrogen) atoms. The minimum atomic E-state index is 0.408. The SMILES string of the molecule is Cc1c2c(n(CCN(C)C)c1C)NC1CCCCCC[C@@H]1C2=N. The lowest BCUT2D eigenvalue weighted by molar-refractivity contribution is 0.380. The molecule has 1 fully saturated rings. The molecule has 3 rings (SSSR count). The first-order chi connectivity index (χ1) is 11.0. The van der Waals surface area contributed by atoms with Crippen molar-refractivity contribution in [3.8, 4) is 0 Å². The van der Waals surface area contributed by atoms with Gasteiger partial charge in [0.05, 0.1) is 0 Å². The van der Waals surface area contributed by atoms with Gasteiger partial charge in [-0.05, 0) is 46.3 Å². The van der Waals surface area contributed by atoms with Gasteiger partial charge in [0.25, 0.3) is 0 Å². The first-order valence-electron chi connectivity index (χ1n) is 9.20. The standard InChI is InChI=1S/C19H32N4/c1-13-14(2)23(12-11-22(3)4)19-17(13)18(20)15-9-7-5-6-8-10-16(15)21-19/h15-16,20-21H,5-12H2,1-4H3/t15-,16?/m0/s1. The lowest BCUT2D eigenvalue weighted by atomic mass is 9.79. The molecule has 2 aliphatic rings. The molecular formula is C19H32N4. The zero-order valence-corrected chi connectivity index (χ0v) is 15.2. The summed E-state index contributed by atoms with van der Waals surface area (Å²) in [6.07, 6.45) is 7.66. The number of likely N-dealkylation sites (N-methyl/N-ethyl adjacent to an activating group) is 1. The Morgan fingerprint density at radius 1 is 1.13 bits per heavy atom. The highest BCUT2D eigenvalue weighted by Crippen LogP contribution is 2.39. The minimum absolute atomic E-state index is 0.408. The molecule has 2 N–H and O–H groups in total. The van der Waals surface area contributed by atoms with E-state index in [1.54, 1.807) is 0 Å². The van der Waals surface area contributed by atoms with E-state index in [9.17, 15) is 0 Å². The second-order valence-electron chi connectivity index (χ2n) is 7.65. The Labute approximate surface area is 140 Å². The number of hydrogen-bond donors (Lipinski definition) is 2. The zero-order valence-electron chi connectivity index (χ0n) is 15.2. The second kappa shape index (κ2) is 6.68. The fourth-order valence-electron chi connectivity index (χ4n) is 4.29. The Hall–Kier alpha value is -1.29. The number of nitrogens with one attached hydrogen (secondary N) is 2. The fourth-order valence-corrected chi connectivity index (χ4v) is 4.29. The number of nitrogens with zero attached hydrogens (tertiary/aromatic N) is 2. The van der Waals surface area contributed by atoms with Crippen molar-refractivity contribution in [3.63, 3.8) is 0 Å². The Morgan fingerprint density at radius 3 is 2.52 bits per heavy atom. The summed E-state index contributed by atoms with van der Waals surface area (Å²) >= 11 is 0. The summed E-state index contributed by atoms with van der Waals surface area (Å²) in [6.45, 7) is 6.43. The van der Waals surface area contributed by atoms with Crippen LogP contribution in [0.2, 0.25) is 0 Å². The molecule has 1 unspecified atom stereocenters. The molecular weight excluding hydrogens is 284 g/mol. The monoisotopic (exact) mass is 316 g/mol. The number of rotatable bonds is 3. The van der Waals surface area contributed by atoms with Crippen LogP contribution in [0.4, 0.5) is 5.82 Å². The topological polar surface area (TPSA) is 44.0 Å². The lowest BCUT2D eigenvalue weighted by Crippen LogP contribution is -2.41. The van der Waals surface area contributed by atoms with Gasteiger partial charge in [-0.2, -0.15) is 0 Å². The van der Waals surface area contributed by atoms with Crippen molar-refractivity contribution in [2.75, 3.05) is 26.0 Å². The van der Waals surface area contributed by atoms with Gasteiger partial charge >= 0.3 is 0 Å². The predicted molar refractivity (Wildman–Crippen MR) is 97.9 cm³/mol. The van der Waals surface area contributed by atoms with Gasteiger partial charge in [-0.1, -0.05) is 25.7 Å². The molecule has 0 aromatic carbocycles. The Kier molecular flexibility index (Phi) is 4.81. The summed E-state index contributed by atoms with van der Waals surface area (Å²) in [6, 6.07) is 0.460. The molecule has 0 spiro atoms. The Bertz CT molecular complexity index is 585. The van der Waals surface area contributed by atoms with Crippen molar-refractivity contribution in [1.29, 1.82) is 5.41 Å². The third-order valence-electron chi connectivity index (χ3n) is 5.83. The van der Waals surface area contributed by atoms with E-state index in [0.717, 1.165) is 18.8 Å². The van der Waals surface area contributed by atoms with E-state index in [1.807, 2.05) is 0 Å². The van der Waals surface area contributed by atoms with E-state index in [1.165, 1.54) is 61.2 Å². The van der Waals surface area contributed by atoms with E-state index >= 15 is 0 Å². The number of fused-ring (bicyclic) bond motifs is 2. The molecule has 0 bridgehead atoms. The van der Waals surface area contributed by atoms with E-state index in [4.69, 9.17) is 5.41 Å². The van der Waals surface area contributed by atoms with Crippen molar-refractivity contribution < 1.29 is 0 Å². The van der Waals surface area contributed by atoms with Crippen molar-refractivity contribution in [2.45, 2.75) is 65.0 Å². The van der Waals surface area contributed by atoms with Gasteiger partial charge in [0.1, 0.15) is 5.82 Å². The van der Waals surface area contributed by atoms with Crippen LogP contribution in [-0.2, 0) is 6.54 Å². The summed E-state index contributed by atoms with van der Waals surface area (Å²) in [5.41, 5.74) is 4.72. The van der Waals surface area contributed by atoms with Gasteiger partial charge in [-0.3, -0.25) is 0 Å². The summed E-state index contributed by atoms with van der Waals surface area (Å²) in [7, 11) is 4.25. The van der Waals surface area contributed by atoms with E-state index in [2.05, 4.69) is 42.7 Å². The molecule has 4 nitrogen and oxygen atoms in total. The summed E-state index contributed by atoms with van der Waals surface area (Å²) < 4.78 is 2.41. The second-order valence-corrected chi connectivity index (χ2v) is 7.65. The van der Waals surface area contributed by atoms with Gasteiger partial charge in [0.2, 0.25) is 0 Å². The molecule has 2 heterocycles. The van der Waals surface area contributed by atoms with Gasteiger partial charge < -0.3 is 20.2 Å². The first kappa shape index (κ1) is 16.6. The summed E-state index contributed by atoms with van der Waals surface area (Å²) in [5, 5.41) is 12.7. The van der Waals surface area contributed by atoms with Crippen LogP contribution >= 0.6 is 0 Å². The normalized spacial score (nSPS) is 24.7. The predicted octanol–water partition coefficient (Wildman–Crippen LogP) is 3.80. The molecule has 1 aliphatic carbocycles. The zero-order chi connectivity index (χ0) is 16.6. The molecule has 1 aromatic rings. The quantitative estimate of drug-likeness (QED) is 0.891. The number of anilines is 1. The smallest absolute Gasteiger partial charge is 0.115 e. The Balaban J connectivity index is 1.96. The van der Waals surface area contributed by atoms with Crippen molar-refractivity contribution in [1.82, 2.24) is 9.47 Å². The third-order valence-corrected chi connectivity index (χ3v) is 5.83. The molecule has 0 saturated heterocycles. The van der Waals surface area contributed by atoms with Crippen LogP contribution < -0.4 is 5.32 Å². The number of aromatic nitrogens is 1. The molecule has 128 valence electrons. The summed E-state index contributed by atoms with van der Waals surface area (Å²) in [4.78, 5) is 2.23. The fraction of sp³-hybridized carbons (Fsp3) is 0.737.